The van der Waals surface area contributed by atoms with Crippen LogP contribution in [0.25, 0.3) is 0 Å². The molecule has 1 nitrogen and oxygen atoms in total. The monoisotopic (exact) mass is 204 g/mol. The summed E-state index contributed by atoms with van der Waals surface area (Å²) >= 11 is 0. The van der Waals surface area contributed by atoms with E-state index in [0.29, 0.717) is 5.41 Å². The standard InChI is InChI=1S/C14H20O/c1-2-3-8-14(9-10-14)13-7-5-4-6-12(13)11-15/h4-7,15H,2-3,8-11H2,1H3. The fourth-order valence-electron chi connectivity index (χ4n) is 2.50. The van der Waals surface area contributed by atoms with Gasteiger partial charge in [0.1, 0.15) is 0 Å². The lowest BCUT2D eigenvalue weighted by atomic mass is 9.87. The van der Waals surface area contributed by atoms with Gasteiger partial charge in [0.2, 0.25) is 0 Å². The van der Waals surface area contributed by atoms with Crippen LogP contribution < -0.4 is 0 Å². The summed E-state index contributed by atoms with van der Waals surface area (Å²) in [5.74, 6) is 0. The van der Waals surface area contributed by atoms with Gasteiger partial charge < -0.3 is 5.11 Å². The largest absolute Gasteiger partial charge is 0.392 e. The normalized spacial score (nSPS) is 17.7. The van der Waals surface area contributed by atoms with Gasteiger partial charge in [-0.25, -0.2) is 0 Å². The highest BCUT2D eigenvalue weighted by atomic mass is 16.3. The van der Waals surface area contributed by atoms with Crippen LogP contribution in [0, 0.1) is 0 Å². The molecule has 1 aromatic carbocycles. The molecule has 0 saturated heterocycles. The van der Waals surface area contributed by atoms with E-state index in [1.54, 1.807) is 0 Å². The molecule has 1 N–H and O–H groups in total. The van der Waals surface area contributed by atoms with E-state index in [2.05, 4.69) is 25.1 Å². The molecule has 0 unspecified atom stereocenters. The van der Waals surface area contributed by atoms with Crippen LogP contribution in [0.15, 0.2) is 24.3 Å². The molecule has 0 radical (unpaired) electrons. The topological polar surface area (TPSA) is 20.2 Å². The molecule has 0 aliphatic heterocycles. The summed E-state index contributed by atoms with van der Waals surface area (Å²) in [5, 5.41) is 9.33. The van der Waals surface area contributed by atoms with Crippen molar-refractivity contribution in [3.8, 4) is 0 Å². The van der Waals surface area contributed by atoms with Gasteiger partial charge in [-0.1, -0.05) is 44.0 Å². The maximum absolute atomic E-state index is 9.33. The highest BCUT2D eigenvalue weighted by Gasteiger charge is 2.44. The molecule has 0 heterocycles. The van der Waals surface area contributed by atoms with E-state index in [1.165, 1.54) is 37.7 Å². The van der Waals surface area contributed by atoms with Crippen LogP contribution in [0.3, 0.4) is 0 Å². The molecular formula is C14H20O. The van der Waals surface area contributed by atoms with E-state index in [4.69, 9.17) is 0 Å². The number of unbranched alkanes of at least 4 members (excludes halogenated alkanes) is 1. The van der Waals surface area contributed by atoms with Crippen molar-refractivity contribution in [2.75, 3.05) is 0 Å². The highest BCUT2D eigenvalue weighted by Crippen LogP contribution is 2.52. The van der Waals surface area contributed by atoms with Crippen LogP contribution in [-0.2, 0) is 12.0 Å². The Balaban J connectivity index is 2.21. The first-order chi connectivity index (χ1) is 7.32. The third-order valence-electron chi connectivity index (χ3n) is 3.62. The Morgan fingerprint density at radius 3 is 2.60 bits per heavy atom. The van der Waals surface area contributed by atoms with E-state index < -0.39 is 0 Å². The molecule has 0 bridgehead atoms. The molecule has 0 atom stereocenters. The first kappa shape index (κ1) is 10.7. The molecular weight excluding hydrogens is 184 g/mol. The second-order valence-corrected chi connectivity index (χ2v) is 4.70. The fourth-order valence-corrected chi connectivity index (χ4v) is 2.50. The molecule has 82 valence electrons. The van der Waals surface area contributed by atoms with Crippen molar-refractivity contribution >= 4 is 0 Å². The van der Waals surface area contributed by atoms with E-state index in [-0.39, 0.29) is 6.61 Å². The van der Waals surface area contributed by atoms with Gasteiger partial charge in [0.15, 0.2) is 0 Å². The van der Waals surface area contributed by atoms with Crippen molar-refractivity contribution in [2.24, 2.45) is 0 Å². The number of aliphatic hydroxyl groups excluding tert-OH is 1. The van der Waals surface area contributed by atoms with Gasteiger partial charge in [0.25, 0.3) is 0 Å². The van der Waals surface area contributed by atoms with Crippen LogP contribution in [0.1, 0.15) is 50.2 Å². The maximum Gasteiger partial charge on any atom is 0.0684 e. The number of rotatable bonds is 5. The zero-order chi connectivity index (χ0) is 10.7. The van der Waals surface area contributed by atoms with Gasteiger partial charge in [0, 0.05) is 0 Å². The number of hydrogen-bond donors (Lipinski definition) is 1. The molecule has 1 fully saturated rings. The van der Waals surface area contributed by atoms with E-state index in [1.807, 2.05) is 6.07 Å². The molecule has 0 spiro atoms. The van der Waals surface area contributed by atoms with Crippen molar-refractivity contribution in [2.45, 2.75) is 51.0 Å². The summed E-state index contributed by atoms with van der Waals surface area (Å²) in [7, 11) is 0. The predicted octanol–water partition coefficient (Wildman–Crippen LogP) is 3.40. The fraction of sp³-hybridized carbons (Fsp3) is 0.571. The van der Waals surface area contributed by atoms with Crippen LogP contribution >= 0.6 is 0 Å². The lowest BCUT2D eigenvalue weighted by Gasteiger charge is -2.18. The Kier molecular flexibility index (Phi) is 3.11. The Labute approximate surface area is 92.1 Å². The van der Waals surface area contributed by atoms with Crippen LogP contribution in [-0.4, -0.2) is 5.11 Å². The summed E-state index contributed by atoms with van der Waals surface area (Å²) in [4.78, 5) is 0. The van der Waals surface area contributed by atoms with Crippen molar-refractivity contribution in [3.63, 3.8) is 0 Å². The SMILES string of the molecule is CCCCC1(c2ccccc2CO)CC1. The Bertz CT molecular complexity index is 326. The van der Waals surface area contributed by atoms with Crippen molar-refractivity contribution in [1.29, 1.82) is 0 Å². The quantitative estimate of drug-likeness (QED) is 0.779. The third kappa shape index (κ3) is 2.07. The zero-order valence-corrected chi connectivity index (χ0v) is 9.50. The number of aliphatic hydroxyl groups is 1. The van der Waals surface area contributed by atoms with E-state index in [0.717, 1.165) is 5.56 Å². The first-order valence-corrected chi connectivity index (χ1v) is 6.01. The second-order valence-electron chi connectivity index (χ2n) is 4.70. The molecule has 2 rings (SSSR count). The molecule has 1 aliphatic carbocycles. The van der Waals surface area contributed by atoms with Gasteiger partial charge in [0.05, 0.1) is 6.61 Å². The van der Waals surface area contributed by atoms with Crippen molar-refractivity contribution in [3.05, 3.63) is 35.4 Å². The zero-order valence-electron chi connectivity index (χ0n) is 9.50. The summed E-state index contributed by atoms with van der Waals surface area (Å²) in [5.41, 5.74) is 2.96. The average molecular weight is 204 g/mol. The van der Waals surface area contributed by atoms with Gasteiger partial charge >= 0.3 is 0 Å². The van der Waals surface area contributed by atoms with Gasteiger partial charge in [-0.2, -0.15) is 0 Å². The van der Waals surface area contributed by atoms with E-state index >= 15 is 0 Å². The summed E-state index contributed by atoms with van der Waals surface area (Å²) in [6.07, 6.45) is 6.48. The molecule has 0 amide bonds. The van der Waals surface area contributed by atoms with Crippen molar-refractivity contribution < 1.29 is 5.11 Å². The number of benzene rings is 1. The lowest BCUT2D eigenvalue weighted by Crippen LogP contribution is -2.09. The number of hydrogen-bond acceptors (Lipinski definition) is 1. The van der Waals surface area contributed by atoms with E-state index in [9.17, 15) is 5.11 Å². The van der Waals surface area contributed by atoms with Crippen LogP contribution in [0.4, 0.5) is 0 Å². The Morgan fingerprint density at radius 1 is 1.27 bits per heavy atom. The highest BCUT2D eigenvalue weighted by molar-refractivity contribution is 5.38. The summed E-state index contributed by atoms with van der Waals surface area (Å²) in [6, 6.07) is 8.38. The van der Waals surface area contributed by atoms with Gasteiger partial charge in [-0.3, -0.25) is 0 Å². The molecule has 15 heavy (non-hydrogen) atoms. The minimum atomic E-state index is 0.185. The average Bonchev–Trinajstić information content (AvgIpc) is 3.07. The lowest BCUT2D eigenvalue weighted by molar-refractivity contribution is 0.279. The minimum absolute atomic E-state index is 0.185. The Morgan fingerprint density at radius 2 is 2.00 bits per heavy atom. The second kappa shape index (κ2) is 4.36. The molecule has 1 aliphatic rings. The summed E-state index contributed by atoms with van der Waals surface area (Å²) < 4.78 is 0. The molecule has 1 heteroatoms. The van der Waals surface area contributed by atoms with Crippen molar-refractivity contribution in [1.82, 2.24) is 0 Å². The maximum atomic E-state index is 9.33. The Hall–Kier alpha value is -0.820. The van der Waals surface area contributed by atoms with Gasteiger partial charge in [-0.05, 0) is 35.8 Å². The van der Waals surface area contributed by atoms with Gasteiger partial charge in [-0.15, -0.1) is 0 Å². The van der Waals surface area contributed by atoms with Crippen LogP contribution in [0.2, 0.25) is 0 Å². The van der Waals surface area contributed by atoms with Crippen LogP contribution in [0.5, 0.6) is 0 Å². The molecule has 1 saturated carbocycles. The minimum Gasteiger partial charge on any atom is -0.392 e. The smallest absolute Gasteiger partial charge is 0.0684 e. The molecule has 1 aromatic rings. The molecule has 0 aromatic heterocycles. The first-order valence-electron chi connectivity index (χ1n) is 6.01. The summed E-state index contributed by atoms with van der Waals surface area (Å²) in [6.45, 7) is 2.43. The predicted molar refractivity (Wildman–Crippen MR) is 62.8 cm³/mol. The third-order valence-corrected chi connectivity index (χ3v) is 3.62.